The molecule has 1 unspecified atom stereocenters. The number of ether oxygens (including phenoxy) is 1. The molecule has 1 fully saturated rings. The molecule has 72 valence electrons. The average molecular weight is 172 g/mol. The molecule has 2 heteroatoms. The van der Waals surface area contributed by atoms with Crippen LogP contribution >= 0.6 is 0 Å². The predicted octanol–water partition coefficient (Wildman–Crippen LogP) is 1.96. The summed E-state index contributed by atoms with van der Waals surface area (Å²) in [6, 6.07) is 0. The van der Waals surface area contributed by atoms with Gasteiger partial charge in [-0.25, -0.2) is 0 Å². The van der Waals surface area contributed by atoms with Crippen molar-refractivity contribution < 1.29 is 9.84 Å². The predicted molar refractivity (Wildman–Crippen MR) is 49.1 cm³/mol. The Labute approximate surface area is 74.9 Å². The molecule has 1 saturated carbocycles. The number of methoxy groups -OCH3 is 1. The van der Waals surface area contributed by atoms with E-state index < -0.39 is 0 Å². The summed E-state index contributed by atoms with van der Waals surface area (Å²) in [6.45, 7) is 3.88. The van der Waals surface area contributed by atoms with Gasteiger partial charge >= 0.3 is 0 Å². The Bertz CT molecular complexity index is 139. The van der Waals surface area contributed by atoms with Gasteiger partial charge in [-0.2, -0.15) is 0 Å². The lowest BCUT2D eigenvalue weighted by molar-refractivity contribution is -0.0890. The van der Waals surface area contributed by atoms with Gasteiger partial charge in [0.2, 0.25) is 0 Å². The summed E-state index contributed by atoms with van der Waals surface area (Å²) in [4.78, 5) is 0. The highest BCUT2D eigenvalue weighted by Crippen LogP contribution is 2.33. The summed E-state index contributed by atoms with van der Waals surface area (Å²) in [6.07, 6.45) is 4.51. The van der Waals surface area contributed by atoms with Gasteiger partial charge in [0, 0.05) is 7.11 Å². The summed E-state index contributed by atoms with van der Waals surface area (Å²) in [5, 5.41) is 9.79. The molecule has 0 aromatic carbocycles. The van der Waals surface area contributed by atoms with Crippen LogP contribution in [0.3, 0.4) is 0 Å². The molecule has 1 atom stereocenters. The highest BCUT2D eigenvalue weighted by atomic mass is 16.5. The molecular weight excluding hydrogens is 152 g/mol. The lowest BCUT2D eigenvalue weighted by atomic mass is 9.79. The molecule has 0 amide bonds. The van der Waals surface area contributed by atoms with Crippen molar-refractivity contribution in [2.24, 2.45) is 5.92 Å². The van der Waals surface area contributed by atoms with E-state index in [9.17, 15) is 5.11 Å². The van der Waals surface area contributed by atoms with Gasteiger partial charge in [0.05, 0.1) is 11.7 Å². The summed E-state index contributed by atoms with van der Waals surface area (Å²) in [5.41, 5.74) is -0.379. The normalized spacial score (nSPS) is 22.0. The molecule has 0 radical (unpaired) electrons. The second kappa shape index (κ2) is 3.75. The number of rotatable bonds is 4. The smallest absolute Gasteiger partial charge is 0.0880 e. The van der Waals surface area contributed by atoms with Crippen LogP contribution in [0, 0.1) is 5.92 Å². The second-order valence-corrected chi connectivity index (χ2v) is 4.36. The van der Waals surface area contributed by atoms with Crippen LogP contribution in [0.5, 0.6) is 0 Å². The van der Waals surface area contributed by atoms with Gasteiger partial charge in [0.1, 0.15) is 0 Å². The lowest BCUT2D eigenvalue weighted by Crippen LogP contribution is -2.40. The van der Waals surface area contributed by atoms with E-state index in [1.165, 1.54) is 19.3 Å². The van der Waals surface area contributed by atoms with Crippen molar-refractivity contribution >= 4 is 0 Å². The molecule has 0 spiro atoms. The van der Waals surface area contributed by atoms with Gasteiger partial charge in [-0.1, -0.05) is 19.3 Å². The summed E-state index contributed by atoms with van der Waals surface area (Å²) in [5.74, 6) is 0.745. The van der Waals surface area contributed by atoms with Crippen LogP contribution in [0.4, 0.5) is 0 Å². The number of hydrogen-bond acceptors (Lipinski definition) is 2. The fourth-order valence-electron chi connectivity index (χ4n) is 1.46. The van der Waals surface area contributed by atoms with Crippen molar-refractivity contribution in [3.63, 3.8) is 0 Å². The van der Waals surface area contributed by atoms with E-state index in [0.29, 0.717) is 0 Å². The van der Waals surface area contributed by atoms with Crippen molar-refractivity contribution in [1.82, 2.24) is 0 Å². The third-order valence-corrected chi connectivity index (χ3v) is 3.11. The zero-order valence-electron chi connectivity index (χ0n) is 8.34. The van der Waals surface area contributed by atoms with Crippen LogP contribution in [0.2, 0.25) is 0 Å². The highest BCUT2D eigenvalue weighted by Gasteiger charge is 2.31. The first-order chi connectivity index (χ1) is 5.56. The Morgan fingerprint density at radius 3 is 2.42 bits per heavy atom. The summed E-state index contributed by atoms with van der Waals surface area (Å²) < 4.78 is 5.22. The quantitative estimate of drug-likeness (QED) is 0.702. The molecule has 1 aliphatic rings. The first-order valence-corrected chi connectivity index (χ1v) is 4.79. The van der Waals surface area contributed by atoms with Crippen molar-refractivity contribution in [2.75, 3.05) is 7.11 Å². The molecule has 0 aromatic heterocycles. The Balaban J connectivity index is 2.30. The molecule has 2 nitrogen and oxygen atoms in total. The minimum Gasteiger partial charge on any atom is -0.390 e. The fraction of sp³-hybridized carbons (Fsp3) is 1.00. The van der Waals surface area contributed by atoms with E-state index in [0.717, 1.165) is 12.3 Å². The Hall–Kier alpha value is -0.0800. The van der Waals surface area contributed by atoms with E-state index in [4.69, 9.17) is 4.74 Å². The third-order valence-electron chi connectivity index (χ3n) is 3.11. The second-order valence-electron chi connectivity index (χ2n) is 4.36. The van der Waals surface area contributed by atoms with Crippen molar-refractivity contribution in [2.45, 2.75) is 51.2 Å². The van der Waals surface area contributed by atoms with Gasteiger partial charge < -0.3 is 9.84 Å². The van der Waals surface area contributed by atoms with E-state index in [2.05, 4.69) is 0 Å². The Morgan fingerprint density at radius 2 is 2.08 bits per heavy atom. The first kappa shape index (κ1) is 10.0. The number of aliphatic hydroxyl groups is 1. The van der Waals surface area contributed by atoms with Crippen LogP contribution in [-0.2, 0) is 4.74 Å². The summed E-state index contributed by atoms with van der Waals surface area (Å²) in [7, 11) is 1.66. The van der Waals surface area contributed by atoms with Gasteiger partial charge in [-0.15, -0.1) is 0 Å². The molecular formula is C10H20O2. The van der Waals surface area contributed by atoms with Crippen LogP contribution in [0.1, 0.15) is 39.5 Å². The minimum absolute atomic E-state index is 0.312. The molecule has 1 rings (SSSR count). The maximum absolute atomic E-state index is 9.79. The topological polar surface area (TPSA) is 29.5 Å². The van der Waals surface area contributed by atoms with Gasteiger partial charge in [0.15, 0.2) is 0 Å². The van der Waals surface area contributed by atoms with Gasteiger partial charge in [0.25, 0.3) is 0 Å². The molecule has 0 aliphatic heterocycles. The van der Waals surface area contributed by atoms with E-state index in [-0.39, 0.29) is 11.7 Å². The fourth-order valence-corrected chi connectivity index (χ4v) is 1.46. The molecule has 0 saturated heterocycles. The standard InChI is InChI=1S/C10H20O2/c1-10(2,12-3)9(11)7-8-5-4-6-8/h8-9,11H,4-7H2,1-3H3. The molecule has 12 heavy (non-hydrogen) atoms. The SMILES string of the molecule is COC(C)(C)C(O)CC1CCC1. The summed E-state index contributed by atoms with van der Waals surface area (Å²) >= 11 is 0. The maximum atomic E-state index is 9.79. The molecule has 1 aliphatic carbocycles. The van der Waals surface area contributed by atoms with E-state index in [1.807, 2.05) is 13.8 Å². The minimum atomic E-state index is -0.379. The largest absolute Gasteiger partial charge is 0.390 e. The van der Waals surface area contributed by atoms with Crippen molar-refractivity contribution in [1.29, 1.82) is 0 Å². The molecule has 0 aromatic rings. The van der Waals surface area contributed by atoms with Crippen molar-refractivity contribution in [3.8, 4) is 0 Å². The van der Waals surface area contributed by atoms with Crippen LogP contribution in [-0.4, -0.2) is 23.9 Å². The monoisotopic (exact) mass is 172 g/mol. The maximum Gasteiger partial charge on any atom is 0.0880 e. The average Bonchev–Trinajstić information content (AvgIpc) is 1.96. The number of hydrogen-bond donors (Lipinski definition) is 1. The molecule has 0 bridgehead atoms. The Morgan fingerprint density at radius 1 is 1.50 bits per heavy atom. The van der Waals surface area contributed by atoms with Crippen LogP contribution in [0.15, 0.2) is 0 Å². The zero-order valence-corrected chi connectivity index (χ0v) is 8.34. The van der Waals surface area contributed by atoms with Crippen molar-refractivity contribution in [3.05, 3.63) is 0 Å². The Kier molecular flexibility index (Phi) is 3.13. The zero-order chi connectivity index (χ0) is 9.19. The van der Waals surface area contributed by atoms with Gasteiger partial charge in [-0.05, 0) is 26.2 Å². The first-order valence-electron chi connectivity index (χ1n) is 4.79. The number of aliphatic hydroxyl groups excluding tert-OH is 1. The third kappa shape index (κ3) is 2.20. The molecule has 0 heterocycles. The molecule has 1 N–H and O–H groups in total. The lowest BCUT2D eigenvalue weighted by Gasteiger charge is -2.34. The highest BCUT2D eigenvalue weighted by molar-refractivity contribution is 4.83. The van der Waals surface area contributed by atoms with Crippen LogP contribution < -0.4 is 0 Å². The van der Waals surface area contributed by atoms with E-state index >= 15 is 0 Å². The van der Waals surface area contributed by atoms with E-state index in [1.54, 1.807) is 7.11 Å². The van der Waals surface area contributed by atoms with Crippen LogP contribution in [0.25, 0.3) is 0 Å². The van der Waals surface area contributed by atoms with Gasteiger partial charge in [-0.3, -0.25) is 0 Å².